The van der Waals surface area contributed by atoms with Gasteiger partial charge in [0.25, 0.3) is 10.0 Å². The first-order valence-corrected chi connectivity index (χ1v) is 13.6. The molecular formula is C27H28F3N3O7S. The van der Waals surface area contributed by atoms with Gasteiger partial charge < -0.3 is 24.7 Å². The molecule has 0 spiro atoms. The number of benzene rings is 3. The number of alkyl halides is 3. The van der Waals surface area contributed by atoms with Crippen LogP contribution in [-0.2, 0) is 14.8 Å². The number of halogens is 3. The van der Waals surface area contributed by atoms with Gasteiger partial charge in [-0.3, -0.25) is 4.72 Å². The maximum atomic E-state index is 13.0. The Morgan fingerprint density at radius 3 is 1.93 bits per heavy atom. The number of aryl methyl sites for hydroxylation is 1. The number of carboxylic acids is 2. The van der Waals surface area contributed by atoms with Gasteiger partial charge in [0, 0.05) is 26.2 Å². The van der Waals surface area contributed by atoms with E-state index in [1.807, 2.05) is 31.2 Å². The number of nitrogens with zero attached hydrogens (tertiary/aromatic N) is 2. The number of hydrogen-bond acceptors (Lipinski definition) is 7. The number of piperazine rings is 1. The summed E-state index contributed by atoms with van der Waals surface area (Å²) in [6.07, 6.45) is -5.08. The van der Waals surface area contributed by atoms with Gasteiger partial charge in [-0.25, -0.2) is 18.0 Å². The van der Waals surface area contributed by atoms with Crippen LogP contribution in [0.25, 0.3) is 0 Å². The van der Waals surface area contributed by atoms with Crippen molar-refractivity contribution in [2.45, 2.75) is 18.0 Å². The first kappa shape index (κ1) is 31.1. The van der Waals surface area contributed by atoms with E-state index >= 15 is 0 Å². The van der Waals surface area contributed by atoms with E-state index in [1.165, 1.54) is 24.3 Å². The summed E-state index contributed by atoms with van der Waals surface area (Å²) in [4.78, 5) is 24.9. The molecule has 3 aromatic carbocycles. The van der Waals surface area contributed by atoms with Crippen LogP contribution in [0.2, 0.25) is 0 Å². The van der Waals surface area contributed by atoms with Crippen LogP contribution in [0.5, 0.6) is 5.75 Å². The molecule has 4 rings (SSSR count). The molecule has 3 N–H and O–H groups in total. The molecular weight excluding hydrogens is 567 g/mol. The van der Waals surface area contributed by atoms with E-state index in [-0.39, 0.29) is 16.1 Å². The Morgan fingerprint density at radius 1 is 0.878 bits per heavy atom. The van der Waals surface area contributed by atoms with E-state index in [1.54, 1.807) is 25.3 Å². The normalized spacial score (nSPS) is 13.6. The van der Waals surface area contributed by atoms with Gasteiger partial charge in [0.2, 0.25) is 0 Å². The van der Waals surface area contributed by atoms with Crippen molar-refractivity contribution in [2.24, 2.45) is 0 Å². The van der Waals surface area contributed by atoms with Gasteiger partial charge in [-0.15, -0.1) is 0 Å². The molecule has 0 amide bonds. The molecule has 0 aromatic heterocycles. The van der Waals surface area contributed by atoms with E-state index in [4.69, 9.17) is 14.6 Å². The van der Waals surface area contributed by atoms with Crippen LogP contribution in [-0.4, -0.2) is 70.0 Å². The van der Waals surface area contributed by atoms with Crippen LogP contribution in [0.4, 0.5) is 30.2 Å². The molecule has 1 fully saturated rings. The number of anilines is 3. The number of methoxy groups -OCH3 is 1. The van der Waals surface area contributed by atoms with Crippen molar-refractivity contribution in [2.75, 3.05) is 47.8 Å². The minimum Gasteiger partial charge on any atom is -0.495 e. The summed E-state index contributed by atoms with van der Waals surface area (Å²) in [5, 5.41) is 16.6. The lowest BCUT2D eigenvalue weighted by atomic mass is 10.1. The molecule has 1 heterocycles. The van der Waals surface area contributed by atoms with E-state index in [2.05, 4.69) is 14.5 Å². The Hall–Kier alpha value is -4.46. The lowest BCUT2D eigenvalue weighted by Gasteiger charge is -2.38. The summed E-state index contributed by atoms with van der Waals surface area (Å²) in [5.74, 6) is -3.08. The molecule has 0 bridgehead atoms. The fourth-order valence-electron chi connectivity index (χ4n) is 4.03. The van der Waals surface area contributed by atoms with E-state index in [0.717, 1.165) is 17.0 Å². The second-order valence-electron chi connectivity index (χ2n) is 8.90. The fraction of sp³-hybridized carbons (Fsp3) is 0.259. The average molecular weight is 596 g/mol. The smallest absolute Gasteiger partial charge is 0.490 e. The van der Waals surface area contributed by atoms with Gasteiger partial charge in [0.05, 0.1) is 34.6 Å². The molecule has 1 saturated heterocycles. The Morgan fingerprint density at radius 2 is 1.41 bits per heavy atom. The van der Waals surface area contributed by atoms with Gasteiger partial charge in [0.15, 0.2) is 0 Å². The first-order valence-electron chi connectivity index (χ1n) is 12.1. The van der Waals surface area contributed by atoms with Gasteiger partial charge in [-0.2, -0.15) is 13.2 Å². The Labute approximate surface area is 234 Å². The summed E-state index contributed by atoms with van der Waals surface area (Å²) in [5.41, 5.74) is 2.84. The van der Waals surface area contributed by atoms with Crippen molar-refractivity contribution >= 4 is 39.0 Å². The number of carboxylic acid groups (broad SMARTS) is 2. The van der Waals surface area contributed by atoms with Crippen molar-refractivity contribution in [3.05, 3.63) is 77.9 Å². The third kappa shape index (κ3) is 8.03. The van der Waals surface area contributed by atoms with Crippen molar-refractivity contribution in [1.82, 2.24) is 0 Å². The fourth-order valence-corrected chi connectivity index (χ4v) is 5.09. The number of carbonyl (C=O) groups is 2. The molecule has 220 valence electrons. The lowest BCUT2D eigenvalue weighted by molar-refractivity contribution is -0.192. The maximum Gasteiger partial charge on any atom is 0.490 e. The average Bonchev–Trinajstić information content (AvgIpc) is 2.93. The van der Waals surface area contributed by atoms with Crippen LogP contribution in [0.3, 0.4) is 0 Å². The quantitative estimate of drug-likeness (QED) is 0.362. The lowest BCUT2D eigenvalue weighted by Crippen LogP contribution is -2.46. The van der Waals surface area contributed by atoms with Gasteiger partial charge >= 0.3 is 18.1 Å². The molecule has 0 radical (unpaired) electrons. The van der Waals surface area contributed by atoms with Crippen LogP contribution in [0, 0.1) is 6.92 Å². The van der Waals surface area contributed by atoms with Crippen molar-refractivity contribution < 1.29 is 46.1 Å². The predicted molar refractivity (Wildman–Crippen MR) is 146 cm³/mol. The highest BCUT2D eigenvalue weighted by molar-refractivity contribution is 7.92. The summed E-state index contributed by atoms with van der Waals surface area (Å²) in [6, 6.07) is 18.9. The van der Waals surface area contributed by atoms with Gasteiger partial charge in [-0.05, 0) is 49.4 Å². The van der Waals surface area contributed by atoms with Crippen LogP contribution in [0.15, 0.2) is 71.6 Å². The monoisotopic (exact) mass is 595 g/mol. The Balaban J connectivity index is 0.000000587. The molecule has 1 aliphatic rings. The highest BCUT2D eigenvalue weighted by Gasteiger charge is 2.38. The van der Waals surface area contributed by atoms with E-state index in [9.17, 15) is 31.5 Å². The van der Waals surface area contributed by atoms with Crippen LogP contribution in [0.1, 0.15) is 15.9 Å². The highest BCUT2D eigenvalue weighted by Crippen LogP contribution is 2.33. The Kier molecular flexibility index (Phi) is 9.71. The van der Waals surface area contributed by atoms with Crippen LogP contribution >= 0.6 is 0 Å². The van der Waals surface area contributed by atoms with Crippen molar-refractivity contribution in [3.63, 3.8) is 0 Å². The van der Waals surface area contributed by atoms with Gasteiger partial charge in [0.1, 0.15) is 5.75 Å². The zero-order valence-corrected chi connectivity index (χ0v) is 22.9. The SMILES string of the molecule is COc1ccccc1N1CCN(c2ccc(C(=O)O)cc2NS(=O)(=O)c2ccc(C)cc2)CC1.O=C(O)C(F)(F)F. The summed E-state index contributed by atoms with van der Waals surface area (Å²) in [6.45, 7) is 4.53. The first-order chi connectivity index (χ1) is 19.2. The highest BCUT2D eigenvalue weighted by atomic mass is 32.2. The standard InChI is InChI=1S/C25H27N3O5S.C2HF3O2/c1-18-7-10-20(11-8-18)34(31,32)26-21-17-19(25(29)30)9-12-22(21)27-13-15-28(16-14-27)23-5-3-4-6-24(23)33-2;3-2(4,5)1(6)7/h3-12,17,26H,13-16H2,1-2H3,(H,29,30);(H,6,7). The third-order valence-corrected chi connectivity index (χ3v) is 7.49. The predicted octanol–water partition coefficient (Wildman–Crippen LogP) is 4.46. The number of ether oxygens (including phenoxy) is 1. The number of aliphatic carboxylic acids is 1. The molecule has 0 atom stereocenters. The summed E-state index contributed by atoms with van der Waals surface area (Å²) < 4.78 is 65.9. The van der Waals surface area contributed by atoms with E-state index in [0.29, 0.717) is 31.9 Å². The molecule has 0 unspecified atom stereocenters. The molecule has 0 aliphatic carbocycles. The topological polar surface area (TPSA) is 136 Å². The second-order valence-corrected chi connectivity index (χ2v) is 10.6. The minimum absolute atomic E-state index is 0.0121. The number of rotatable bonds is 7. The molecule has 14 heteroatoms. The molecule has 1 aliphatic heterocycles. The number of sulfonamides is 1. The molecule has 3 aromatic rings. The third-order valence-electron chi connectivity index (χ3n) is 6.11. The zero-order valence-electron chi connectivity index (χ0n) is 22.1. The number of hydrogen-bond donors (Lipinski definition) is 3. The molecule has 0 saturated carbocycles. The zero-order chi connectivity index (χ0) is 30.4. The maximum absolute atomic E-state index is 13.0. The van der Waals surface area contributed by atoms with Gasteiger partial charge in [-0.1, -0.05) is 29.8 Å². The minimum atomic E-state index is -5.08. The number of nitrogens with one attached hydrogen (secondary N) is 1. The largest absolute Gasteiger partial charge is 0.495 e. The number of para-hydroxylation sites is 2. The second kappa shape index (κ2) is 12.8. The molecule has 10 nitrogen and oxygen atoms in total. The summed E-state index contributed by atoms with van der Waals surface area (Å²) in [7, 11) is -2.25. The Bertz CT molecular complexity index is 1490. The van der Waals surface area contributed by atoms with Crippen LogP contribution < -0.4 is 19.3 Å². The number of aromatic carboxylic acids is 1. The summed E-state index contributed by atoms with van der Waals surface area (Å²) >= 11 is 0. The molecule has 41 heavy (non-hydrogen) atoms. The van der Waals surface area contributed by atoms with Crippen molar-refractivity contribution in [3.8, 4) is 5.75 Å². The van der Waals surface area contributed by atoms with Crippen molar-refractivity contribution in [1.29, 1.82) is 0 Å². The van der Waals surface area contributed by atoms with E-state index < -0.39 is 28.1 Å².